The lowest BCUT2D eigenvalue weighted by Gasteiger charge is -2.20. The van der Waals surface area contributed by atoms with E-state index in [0.717, 1.165) is 35.9 Å². The molecule has 2 fully saturated rings. The summed E-state index contributed by atoms with van der Waals surface area (Å²) in [5.41, 5.74) is 2.56. The lowest BCUT2D eigenvalue weighted by Crippen LogP contribution is -2.25. The number of aliphatic hydroxyl groups is 1. The Labute approximate surface area is 178 Å². The number of urea groups is 1. The molecule has 31 heavy (non-hydrogen) atoms. The van der Waals surface area contributed by atoms with Gasteiger partial charge in [0.25, 0.3) is 0 Å². The Morgan fingerprint density at radius 1 is 1.35 bits per heavy atom. The van der Waals surface area contributed by atoms with E-state index >= 15 is 0 Å². The highest BCUT2D eigenvalue weighted by Gasteiger charge is 2.26. The summed E-state index contributed by atoms with van der Waals surface area (Å²) < 4.78 is 7.09. The molecule has 0 bridgehead atoms. The molecule has 2 aromatic heterocycles. The van der Waals surface area contributed by atoms with Crippen LogP contribution >= 0.6 is 0 Å². The number of aromatic nitrogens is 3. The van der Waals surface area contributed by atoms with Gasteiger partial charge in [-0.05, 0) is 31.1 Å². The number of anilines is 3. The lowest BCUT2D eigenvalue weighted by molar-refractivity contribution is 0.192. The molecule has 1 aliphatic carbocycles. The zero-order valence-corrected chi connectivity index (χ0v) is 17.2. The van der Waals surface area contributed by atoms with Gasteiger partial charge in [-0.25, -0.2) is 9.78 Å². The van der Waals surface area contributed by atoms with Gasteiger partial charge in [-0.1, -0.05) is 6.07 Å². The van der Waals surface area contributed by atoms with Crippen LogP contribution < -0.4 is 25.6 Å². The predicted octanol–water partition coefficient (Wildman–Crippen LogP) is 2.05. The first-order valence-electron chi connectivity index (χ1n) is 10.0. The molecule has 1 aromatic carbocycles. The molecule has 1 unspecified atom stereocenters. The number of hydrogen-bond acceptors (Lipinski definition) is 7. The largest absolute Gasteiger partial charge is 0.497 e. The van der Waals surface area contributed by atoms with Crippen LogP contribution in [0.1, 0.15) is 18.4 Å². The number of hydrogen-bond donors (Lipinski definition) is 4. The summed E-state index contributed by atoms with van der Waals surface area (Å²) in [7, 11) is 3.58. The van der Waals surface area contributed by atoms with Gasteiger partial charge in [0.15, 0.2) is 11.9 Å². The fraction of sp³-hybridized carbons (Fsp3) is 0.286. The molecule has 5 rings (SSSR count). The van der Waals surface area contributed by atoms with Crippen molar-refractivity contribution in [2.24, 2.45) is 0 Å². The zero-order valence-electron chi connectivity index (χ0n) is 17.2. The molecule has 3 aromatic rings. The molecule has 10 nitrogen and oxygen atoms in total. The lowest BCUT2D eigenvalue weighted by atomic mass is 10.2. The molecule has 10 heteroatoms. The quantitative estimate of drug-likeness (QED) is 0.481. The van der Waals surface area contributed by atoms with Crippen molar-refractivity contribution in [1.29, 1.82) is 0 Å². The van der Waals surface area contributed by atoms with Gasteiger partial charge in [-0.15, -0.1) is 0 Å². The minimum atomic E-state index is -1.09. The second kappa shape index (κ2) is 7.47. The molecule has 1 aliphatic heterocycles. The van der Waals surface area contributed by atoms with Gasteiger partial charge in [-0.3, -0.25) is 0 Å². The molecule has 1 atom stereocenters. The Bertz CT molecular complexity index is 1180. The van der Waals surface area contributed by atoms with Gasteiger partial charge in [-0.2, -0.15) is 9.61 Å². The molecule has 0 spiro atoms. The van der Waals surface area contributed by atoms with E-state index in [1.807, 2.05) is 42.3 Å². The van der Waals surface area contributed by atoms with E-state index < -0.39 is 12.3 Å². The normalized spacial score (nSPS) is 19.4. The monoisotopic (exact) mass is 421 g/mol. The predicted molar refractivity (Wildman–Crippen MR) is 116 cm³/mol. The first-order valence-corrected chi connectivity index (χ1v) is 10.0. The van der Waals surface area contributed by atoms with E-state index in [2.05, 4.69) is 21.0 Å². The second-order valence-corrected chi connectivity index (χ2v) is 7.61. The average Bonchev–Trinajstić information content (AvgIpc) is 3.41. The van der Waals surface area contributed by atoms with Crippen molar-refractivity contribution in [3.63, 3.8) is 0 Å². The van der Waals surface area contributed by atoms with Crippen molar-refractivity contribution in [2.45, 2.75) is 25.1 Å². The summed E-state index contributed by atoms with van der Waals surface area (Å²) in [6.07, 6.45) is 4.49. The Morgan fingerprint density at radius 3 is 2.90 bits per heavy atom. The number of carbonyl (C=O) groups excluding carboxylic acids is 1. The number of nitrogens with zero attached hydrogens (tertiary/aromatic N) is 4. The fourth-order valence-electron chi connectivity index (χ4n) is 3.45. The summed E-state index contributed by atoms with van der Waals surface area (Å²) in [5, 5.41) is 23.0. The summed E-state index contributed by atoms with van der Waals surface area (Å²) in [4.78, 5) is 18.3. The van der Waals surface area contributed by atoms with Crippen LogP contribution in [0.4, 0.5) is 22.1 Å². The van der Waals surface area contributed by atoms with E-state index in [9.17, 15) is 9.90 Å². The second-order valence-electron chi connectivity index (χ2n) is 7.61. The molecule has 4 N–H and O–H groups in total. The van der Waals surface area contributed by atoms with Gasteiger partial charge >= 0.3 is 6.03 Å². The summed E-state index contributed by atoms with van der Waals surface area (Å²) in [6.45, 7) is 0. The Morgan fingerprint density at radius 2 is 2.19 bits per heavy atom. The number of rotatable bonds is 6. The zero-order chi connectivity index (χ0) is 21.5. The highest BCUT2D eigenvalue weighted by Crippen LogP contribution is 2.31. The summed E-state index contributed by atoms with van der Waals surface area (Å²) in [6, 6.07) is 9.68. The van der Waals surface area contributed by atoms with E-state index in [1.165, 1.54) is 0 Å². The number of aliphatic hydroxyl groups excluding tert-OH is 1. The van der Waals surface area contributed by atoms with Gasteiger partial charge in [0, 0.05) is 36.5 Å². The van der Waals surface area contributed by atoms with E-state index in [4.69, 9.17) is 9.72 Å². The first-order chi connectivity index (χ1) is 15.0. The third-order valence-electron chi connectivity index (χ3n) is 5.33. The van der Waals surface area contributed by atoms with E-state index in [0.29, 0.717) is 22.9 Å². The first kappa shape index (κ1) is 19.2. The van der Waals surface area contributed by atoms with Crippen molar-refractivity contribution in [2.75, 3.05) is 24.4 Å². The van der Waals surface area contributed by atoms with Crippen LogP contribution in [0.15, 0.2) is 42.2 Å². The number of ether oxygens (including phenoxy) is 1. The number of nitrogens with one attached hydrogen (secondary N) is 3. The molecule has 3 heterocycles. The molecule has 1 saturated heterocycles. The van der Waals surface area contributed by atoms with E-state index in [-0.39, 0.29) is 0 Å². The molecule has 2 amide bonds. The van der Waals surface area contributed by atoms with Crippen LogP contribution in [0.2, 0.25) is 0 Å². The van der Waals surface area contributed by atoms with Crippen LogP contribution in [0, 0.1) is 0 Å². The number of benzene rings is 1. The molecule has 2 aliphatic rings. The summed E-state index contributed by atoms with van der Waals surface area (Å²) in [5.74, 6) is 2.31. The van der Waals surface area contributed by atoms with Crippen molar-refractivity contribution in [3.05, 3.63) is 47.8 Å². The fourth-order valence-corrected chi connectivity index (χ4v) is 3.45. The number of carbonyl (C=O) groups is 1. The number of methoxy groups -OCH3 is 1. The van der Waals surface area contributed by atoms with Gasteiger partial charge in [0.1, 0.15) is 17.4 Å². The molecular formula is C21H23N7O3. The Kier molecular flexibility index (Phi) is 4.63. The maximum atomic E-state index is 11.5. The highest BCUT2D eigenvalue weighted by molar-refractivity contribution is 5.83. The van der Waals surface area contributed by atoms with Gasteiger partial charge in [0.05, 0.1) is 19.0 Å². The van der Waals surface area contributed by atoms with Crippen LogP contribution in [0.3, 0.4) is 0 Å². The molecule has 160 valence electrons. The maximum Gasteiger partial charge on any atom is 0.321 e. The third kappa shape index (κ3) is 3.73. The molecular weight excluding hydrogens is 398 g/mol. The maximum absolute atomic E-state index is 11.5. The number of fused-ring (bicyclic) bond motifs is 1. The third-order valence-corrected chi connectivity index (χ3v) is 5.33. The average molecular weight is 421 g/mol. The summed E-state index contributed by atoms with van der Waals surface area (Å²) >= 11 is 0. The minimum Gasteiger partial charge on any atom is -0.497 e. The van der Waals surface area contributed by atoms with Crippen molar-refractivity contribution < 1.29 is 14.6 Å². The highest BCUT2D eigenvalue weighted by atomic mass is 16.5. The Hall–Kier alpha value is -3.79. The smallest absolute Gasteiger partial charge is 0.321 e. The number of amides is 2. The van der Waals surface area contributed by atoms with Crippen LogP contribution in [0.25, 0.3) is 11.7 Å². The van der Waals surface area contributed by atoms with Crippen molar-refractivity contribution in [3.8, 4) is 5.75 Å². The Balaban J connectivity index is 1.59. The van der Waals surface area contributed by atoms with Crippen molar-refractivity contribution >= 4 is 35.1 Å². The minimum absolute atomic E-state index is 0.352. The van der Waals surface area contributed by atoms with Crippen LogP contribution in [0.5, 0.6) is 5.75 Å². The van der Waals surface area contributed by atoms with Crippen LogP contribution in [-0.2, 0) is 0 Å². The molecule has 0 radical (unpaired) electrons. The van der Waals surface area contributed by atoms with Gasteiger partial charge < -0.3 is 30.7 Å². The van der Waals surface area contributed by atoms with E-state index in [1.54, 1.807) is 23.9 Å². The standard InChI is InChI=1S/C21H23N7O3/c1-27(14-4-3-5-15(9-14)31-2)17-10-18(23-13-6-7-13)28-19(25-17)12(11-22-28)8-16-20(29)26-21(30)24-16/h3-5,8-11,13,20,23,29H,6-7H2,1-2H3,(H2,24,26,30)/b16-8-. The topological polar surface area (TPSA) is 116 Å². The van der Waals surface area contributed by atoms with Gasteiger partial charge in [0.2, 0.25) is 0 Å². The van der Waals surface area contributed by atoms with Crippen molar-refractivity contribution in [1.82, 2.24) is 25.2 Å². The van der Waals surface area contributed by atoms with Crippen LogP contribution in [-0.4, -0.2) is 52.2 Å². The SMILES string of the molecule is COc1cccc(N(C)c2cc(NC3CC3)n3ncc(/C=C4\NC(=O)NC4O)c3n2)c1. The molecule has 1 saturated carbocycles.